The molecule has 1 aromatic carbocycles. The van der Waals surface area contributed by atoms with Gasteiger partial charge in [0, 0.05) is 5.69 Å². The second-order valence-corrected chi connectivity index (χ2v) is 3.87. The molecule has 0 fully saturated rings. The summed E-state index contributed by atoms with van der Waals surface area (Å²) in [7, 11) is 0. The molecule has 19 heavy (non-hydrogen) atoms. The van der Waals surface area contributed by atoms with Crippen LogP contribution in [0.3, 0.4) is 0 Å². The van der Waals surface area contributed by atoms with Crippen LogP contribution >= 0.6 is 0 Å². The summed E-state index contributed by atoms with van der Waals surface area (Å²) in [5.74, 6) is -0.627. The molecular weight excluding hydrogens is 246 g/mol. The van der Waals surface area contributed by atoms with Gasteiger partial charge in [-0.05, 0) is 31.6 Å². The molecule has 0 aliphatic heterocycles. The maximum atomic E-state index is 11.7. The van der Waals surface area contributed by atoms with Crippen LogP contribution in [0.15, 0.2) is 42.5 Å². The van der Waals surface area contributed by atoms with Gasteiger partial charge in [-0.15, -0.1) is 0 Å². The van der Waals surface area contributed by atoms with Crippen molar-refractivity contribution in [2.45, 2.75) is 20.0 Å². The van der Waals surface area contributed by atoms with Crippen LogP contribution in [0.5, 0.6) is 0 Å². The van der Waals surface area contributed by atoms with E-state index in [4.69, 9.17) is 9.47 Å². The molecule has 0 aliphatic carbocycles. The number of carbonyl (C=O) groups is 2. The highest BCUT2D eigenvalue weighted by Gasteiger charge is 2.25. The number of amides is 1. The average Bonchev–Trinajstić information content (AvgIpc) is 2.37. The molecule has 1 atom stereocenters. The van der Waals surface area contributed by atoms with E-state index in [1.165, 1.54) is 0 Å². The van der Waals surface area contributed by atoms with Gasteiger partial charge in [0.15, 0.2) is 0 Å². The van der Waals surface area contributed by atoms with E-state index in [9.17, 15) is 9.59 Å². The lowest BCUT2D eigenvalue weighted by Gasteiger charge is -2.16. The van der Waals surface area contributed by atoms with Gasteiger partial charge in [-0.25, -0.2) is 9.59 Å². The number of hydrogen-bond donors (Lipinski definition) is 1. The monoisotopic (exact) mass is 263 g/mol. The van der Waals surface area contributed by atoms with Crippen molar-refractivity contribution in [3.63, 3.8) is 0 Å². The summed E-state index contributed by atoms with van der Waals surface area (Å²) in [6, 6.07) is 8.79. The zero-order chi connectivity index (χ0) is 14.3. The molecule has 0 aliphatic rings. The Labute approximate surface area is 112 Å². The third-order valence-corrected chi connectivity index (χ3v) is 2.19. The molecule has 1 amide bonds. The molecular formula is C14H17NO4. The number of anilines is 1. The third kappa shape index (κ3) is 4.83. The molecule has 1 aromatic rings. The number of ether oxygens (including phenoxy) is 2. The first-order valence-electron chi connectivity index (χ1n) is 5.89. The maximum absolute atomic E-state index is 11.7. The van der Waals surface area contributed by atoms with Crippen molar-refractivity contribution in [2.24, 2.45) is 0 Å². The first-order valence-corrected chi connectivity index (χ1v) is 5.89. The van der Waals surface area contributed by atoms with Gasteiger partial charge in [0.2, 0.25) is 6.10 Å². The standard InChI is InChI=1S/C14H17NO4/c1-4-18-13(16)12(10(2)3)19-14(17)15-11-8-6-5-7-9-11/h5-9,12H,2,4H2,1,3H3,(H,15,17). The number of rotatable bonds is 5. The molecule has 0 saturated heterocycles. The largest absolute Gasteiger partial charge is 0.463 e. The third-order valence-electron chi connectivity index (χ3n) is 2.19. The predicted octanol–water partition coefficient (Wildman–Crippen LogP) is 2.74. The highest BCUT2D eigenvalue weighted by Crippen LogP contribution is 2.10. The Morgan fingerprint density at radius 1 is 1.32 bits per heavy atom. The minimum absolute atomic E-state index is 0.215. The van der Waals surface area contributed by atoms with Gasteiger partial charge in [0.05, 0.1) is 6.61 Å². The van der Waals surface area contributed by atoms with Crippen molar-refractivity contribution in [3.05, 3.63) is 42.5 Å². The fourth-order valence-electron chi connectivity index (χ4n) is 1.34. The molecule has 0 heterocycles. The van der Waals surface area contributed by atoms with Gasteiger partial charge in [-0.3, -0.25) is 5.32 Å². The summed E-state index contributed by atoms with van der Waals surface area (Å²) >= 11 is 0. The lowest BCUT2D eigenvalue weighted by Crippen LogP contribution is -2.31. The smallest absolute Gasteiger partial charge is 0.412 e. The number of para-hydroxylation sites is 1. The Kier molecular flexibility index (Phi) is 5.60. The van der Waals surface area contributed by atoms with E-state index in [2.05, 4.69) is 11.9 Å². The van der Waals surface area contributed by atoms with E-state index >= 15 is 0 Å². The average molecular weight is 263 g/mol. The van der Waals surface area contributed by atoms with Gasteiger partial charge in [-0.1, -0.05) is 24.8 Å². The van der Waals surface area contributed by atoms with Crippen molar-refractivity contribution in [1.82, 2.24) is 0 Å². The molecule has 0 radical (unpaired) electrons. The fraction of sp³-hybridized carbons (Fsp3) is 0.286. The van der Waals surface area contributed by atoms with E-state index < -0.39 is 18.2 Å². The molecule has 0 spiro atoms. The molecule has 1 rings (SSSR count). The number of benzene rings is 1. The summed E-state index contributed by atoms with van der Waals surface area (Å²) in [5.41, 5.74) is 0.985. The predicted molar refractivity (Wildman–Crippen MR) is 71.8 cm³/mol. The second-order valence-electron chi connectivity index (χ2n) is 3.87. The molecule has 5 nitrogen and oxygen atoms in total. The fourth-order valence-corrected chi connectivity index (χ4v) is 1.34. The molecule has 0 aromatic heterocycles. The summed E-state index contributed by atoms with van der Waals surface area (Å²) in [5, 5.41) is 2.51. The minimum atomic E-state index is -1.09. The second kappa shape index (κ2) is 7.20. The van der Waals surface area contributed by atoms with Crippen LogP contribution in [0, 0.1) is 0 Å². The van der Waals surface area contributed by atoms with Crippen LogP contribution in [-0.2, 0) is 14.3 Å². The molecule has 1 N–H and O–H groups in total. The van der Waals surface area contributed by atoms with Crippen molar-refractivity contribution < 1.29 is 19.1 Å². The minimum Gasteiger partial charge on any atom is -0.463 e. The first kappa shape index (κ1) is 14.8. The number of nitrogens with one attached hydrogen (secondary N) is 1. The zero-order valence-electron chi connectivity index (χ0n) is 11.0. The lowest BCUT2D eigenvalue weighted by atomic mass is 10.2. The van der Waals surface area contributed by atoms with E-state index in [-0.39, 0.29) is 6.61 Å². The molecule has 5 heteroatoms. The van der Waals surface area contributed by atoms with Crippen molar-refractivity contribution in [3.8, 4) is 0 Å². The van der Waals surface area contributed by atoms with Gasteiger partial charge in [-0.2, -0.15) is 0 Å². The van der Waals surface area contributed by atoms with Gasteiger partial charge in [0.25, 0.3) is 0 Å². The van der Waals surface area contributed by atoms with Crippen LogP contribution < -0.4 is 5.32 Å². The summed E-state index contributed by atoms with van der Waals surface area (Å²) in [6.07, 6.45) is -1.82. The number of esters is 1. The van der Waals surface area contributed by atoms with E-state index in [1.54, 1.807) is 38.1 Å². The van der Waals surface area contributed by atoms with Crippen LogP contribution in [0.25, 0.3) is 0 Å². The van der Waals surface area contributed by atoms with E-state index in [0.717, 1.165) is 0 Å². The summed E-state index contributed by atoms with van der Waals surface area (Å²) in [4.78, 5) is 23.2. The highest BCUT2D eigenvalue weighted by molar-refractivity contribution is 5.88. The van der Waals surface area contributed by atoms with Crippen LogP contribution in [0.4, 0.5) is 10.5 Å². The van der Waals surface area contributed by atoms with Gasteiger partial charge in [0.1, 0.15) is 0 Å². The van der Waals surface area contributed by atoms with E-state index in [1.807, 2.05) is 6.07 Å². The quantitative estimate of drug-likeness (QED) is 0.655. The Bertz CT molecular complexity index is 456. The van der Waals surface area contributed by atoms with E-state index in [0.29, 0.717) is 11.3 Å². The SMILES string of the molecule is C=C(C)C(OC(=O)Nc1ccccc1)C(=O)OCC. The Balaban J connectivity index is 2.62. The molecule has 0 bridgehead atoms. The number of carbonyl (C=O) groups excluding carboxylic acids is 2. The van der Waals surface area contributed by atoms with Crippen LogP contribution in [0.1, 0.15) is 13.8 Å². The maximum Gasteiger partial charge on any atom is 0.412 e. The lowest BCUT2D eigenvalue weighted by molar-refractivity contribution is -0.150. The van der Waals surface area contributed by atoms with Crippen LogP contribution in [0.2, 0.25) is 0 Å². The summed E-state index contributed by atoms with van der Waals surface area (Å²) in [6.45, 7) is 7.10. The Hall–Kier alpha value is -2.30. The van der Waals surface area contributed by atoms with Crippen molar-refractivity contribution in [1.29, 1.82) is 0 Å². The summed E-state index contributed by atoms with van der Waals surface area (Å²) < 4.78 is 9.82. The first-order chi connectivity index (χ1) is 9.04. The zero-order valence-corrected chi connectivity index (χ0v) is 11.0. The van der Waals surface area contributed by atoms with Gasteiger partial charge < -0.3 is 9.47 Å². The highest BCUT2D eigenvalue weighted by atomic mass is 16.6. The molecule has 0 saturated carbocycles. The Morgan fingerprint density at radius 2 is 1.95 bits per heavy atom. The Morgan fingerprint density at radius 3 is 2.47 bits per heavy atom. The normalized spacial score (nSPS) is 11.3. The molecule has 1 unspecified atom stereocenters. The topological polar surface area (TPSA) is 64.6 Å². The molecule has 102 valence electrons. The van der Waals surface area contributed by atoms with Gasteiger partial charge >= 0.3 is 12.1 Å². The van der Waals surface area contributed by atoms with Crippen LogP contribution in [-0.4, -0.2) is 24.8 Å². The van der Waals surface area contributed by atoms with Crippen molar-refractivity contribution in [2.75, 3.05) is 11.9 Å². The van der Waals surface area contributed by atoms with Crippen molar-refractivity contribution >= 4 is 17.7 Å². The number of hydrogen-bond acceptors (Lipinski definition) is 4.